The monoisotopic (exact) mass is 535 g/mol. The van der Waals surface area contributed by atoms with E-state index in [4.69, 9.17) is 4.52 Å². The Morgan fingerprint density at radius 2 is 2.03 bits per heavy atom. The van der Waals surface area contributed by atoms with E-state index in [1.807, 2.05) is 56.0 Å². The van der Waals surface area contributed by atoms with Crippen LogP contribution in [-0.2, 0) is 13.1 Å². The smallest absolute Gasteiger partial charge is 0.271 e. The van der Waals surface area contributed by atoms with Gasteiger partial charge >= 0.3 is 0 Å². The van der Waals surface area contributed by atoms with Crippen LogP contribution in [0.4, 0.5) is 14.5 Å². The maximum Gasteiger partial charge on any atom is 0.271 e. The molecule has 0 amide bonds. The van der Waals surface area contributed by atoms with E-state index in [1.54, 1.807) is 27.9 Å². The molecule has 11 heteroatoms. The Labute approximate surface area is 213 Å². The van der Waals surface area contributed by atoms with E-state index < -0.39 is 11.6 Å². The second-order valence-electron chi connectivity index (χ2n) is 7.44. The Balaban J connectivity index is 0.00000141. The molecular weight excluding hydrogens is 510 g/mol. The lowest BCUT2D eigenvalue weighted by Crippen LogP contribution is -2.36. The third kappa shape index (κ3) is 4.72. The van der Waals surface area contributed by atoms with E-state index in [1.165, 1.54) is 17.4 Å². The first kappa shape index (κ1) is 25.3. The number of aryl methyl sites for hydroxylation is 1. The molecule has 1 aliphatic rings. The average molecular weight is 536 g/mol. The standard InChI is InChI=1S/C22H19F2N4O2S3.C2H6/c1-4-28-17(10-16-27(7-8-31-16)11-13-9-12(2)30-25-13)32-20(21(28)29)22-26(3)15-6-5-14(23)18(24)19(15)33-22;1-2/h5-10H,4,11H2,1-3H3;1-2H3/q+1;/b22-20+;. The number of hydrogen-bond acceptors (Lipinski definition) is 7. The van der Waals surface area contributed by atoms with Crippen molar-refractivity contribution >= 4 is 51.2 Å². The number of anilines is 1. The van der Waals surface area contributed by atoms with Gasteiger partial charge in [-0.05, 0) is 26.0 Å². The van der Waals surface area contributed by atoms with Crippen molar-refractivity contribution in [1.82, 2.24) is 9.72 Å². The molecule has 4 aromatic rings. The van der Waals surface area contributed by atoms with Gasteiger partial charge in [0.15, 0.2) is 24.4 Å². The number of fused-ring (bicyclic) bond motifs is 1. The Bertz CT molecular complexity index is 1550. The van der Waals surface area contributed by atoms with Crippen LogP contribution in [0.3, 0.4) is 0 Å². The summed E-state index contributed by atoms with van der Waals surface area (Å²) < 4.78 is 38.3. The molecule has 0 fully saturated rings. The number of halogens is 2. The lowest BCUT2D eigenvalue weighted by Gasteiger charge is -2.12. The topological polar surface area (TPSA) is 55.2 Å². The molecule has 0 aliphatic carbocycles. The normalized spacial score (nSPS) is 14.8. The van der Waals surface area contributed by atoms with Gasteiger partial charge in [-0.25, -0.2) is 8.78 Å². The van der Waals surface area contributed by atoms with Crippen molar-refractivity contribution in [3.05, 3.63) is 77.4 Å². The highest BCUT2D eigenvalue weighted by Gasteiger charge is 2.29. The fourth-order valence-electron chi connectivity index (χ4n) is 3.66. The summed E-state index contributed by atoms with van der Waals surface area (Å²) >= 11 is 4.00. The third-order valence-electron chi connectivity index (χ3n) is 5.29. The van der Waals surface area contributed by atoms with Crippen molar-refractivity contribution in [3.63, 3.8) is 0 Å². The SMILES string of the molecule is CC.CCn1c(=O)/c(=C2\Sc3c(ccc(F)c3F)N2C)s/c1=C\c1scc[n+]1Cc1cc(C)on1. The second-order valence-corrected chi connectivity index (χ2v) is 10.4. The predicted octanol–water partition coefficient (Wildman–Crippen LogP) is 4.06. The van der Waals surface area contributed by atoms with Crippen molar-refractivity contribution in [1.29, 1.82) is 0 Å². The maximum atomic E-state index is 14.4. The quantitative estimate of drug-likeness (QED) is 0.369. The number of hydrogen-bond donors (Lipinski definition) is 0. The molecule has 35 heavy (non-hydrogen) atoms. The van der Waals surface area contributed by atoms with Crippen LogP contribution in [0.15, 0.2) is 44.0 Å². The zero-order valence-electron chi connectivity index (χ0n) is 20.0. The van der Waals surface area contributed by atoms with Gasteiger partial charge in [-0.2, -0.15) is 4.57 Å². The van der Waals surface area contributed by atoms with E-state index in [0.29, 0.717) is 28.3 Å². The van der Waals surface area contributed by atoms with Crippen molar-refractivity contribution in [2.75, 3.05) is 11.9 Å². The molecule has 0 atom stereocenters. The molecule has 0 spiro atoms. The number of thioether (sulfide) groups is 1. The molecule has 6 nitrogen and oxygen atoms in total. The highest BCUT2D eigenvalue weighted by molar-refractivity contribution is 8.08. The van der Waals surface area contributed by atoms with Crippen LogP contribution in [0, 0.1) is 18.6 Å². The van der Waals surface area contributed by atoms with Gasteiger partial charge in [0.25, 0.3) is 10.6 Å². The first-order valence-corrected chi connectivity index (χ1v) is 13.6. The fourth-order valence-corrected chi connectivity index (χ4v) is 7.00. The van der Waals surface area contributed by atoms with Crippen molar-refractivity contribution in [3.8, 4) is 0 Å². The maximum absolute atomic E-state index is 14.4. The molecule has 0 unspecified atom stereocenters. The molecule has 4 heterocycles. The van der Waals surface area contributed by atoms with Gasteiger partial charge in [-0.3, -0.25) is 9.36 Å². The summed E-state index contributed by atoms with van der Waals surface area (Å²) in [6.45, 7) is 8.81. The zero-order valence-corrected chi connectivity index (χ0v) is 22.4. The Morgan fingerprint density at radius 1 is 1.26 bits per heavy atom. The minimum absolute atomic E-state index is 0.146. The van der Waals surface area contributed by atoms with Crippen LogP contribution in [0.2, 0.25) is 0 Å². The van der Waals surface area contributed by atoms with Crippen LogP contribution in [0.25, 0.3) is 11.1 Å². The molecule has 1 aromatic carbocycles. The summed E-state index contributed by atoms with van der Waals surface area (Å²) in [4.78, 5) is 15.2. The number of benzene rings is 1. The average Bonchev–Trinajstić information content (AvgIpc) is 3.61. The molecule has 3 aromatic heterocycles. The van der Waals surface area contributed by atoms with E-state index in [9.17, 15) is 13.6 Å². The highest BCUT2D eigenvalue weighted by atomic mass is 32.2. The molecule has 0 radical (unpaired) electrons. The first-order chi connectivity index (χ1) is 16.9. The van der Waals surface area contributed by atoms with Crippen LogP contribution < -0.4 is 24.2 Å². The summed E-state index contributed by atoms with van der Waals surface area (Å²) in [5.74, 6) is -1.03. The molecule has 5 rings (SSSR count). The summed E-state index contributed by atoms with van der Waals surface area (Å²) in [7, 11) is 1.76. The van der Waals surface area contributed by atoms with Gasteiger partial charge in [0.1, 0.15) is 25.7 Å². The number of nitrogens with zero attached hydrogens (tertiary/aromatic N) is 4. The van der Waals surface area contributed by atoms with Gasteiger partial charge in [0.2, 0.25) is 0 Å². The largest absolute Gasteiger partial charge is 0.361 e. The van der Waals surface area contributed by atoms with Crippen LogP contribution >= 0.6 is 34.4 Å². The van der Waals surface area contributed by atoms with E-state index in [-0.39, 0.29) is 10.5 Å². The summed E-state index contributed by atoms with van der Waals surface area (Å²) in [6.07, 6.45) is 3.94. The van der Waals surface area contributed by atoms with Crippen molar-refractivity contribution in [2.45, 2.75) is 45.7 Å². The van der Waals surface area contributed by atoms with Crippen molar-refractivity contribution in [2.24, 2.45) is 0 Å². The minimum Gasteiger partial charge on any atom is -0.361 e. The minimum atomic E-state index is -0.897. The number of thiazole rings is 2. The Morgan fingerprint density at radius 3 is 2.71 bits per heavy atom. The number of aromatic nitrogens is 3. The Kier molecular flexibility index (Phi) is 7.58. The lowest BCUT2D eigenvalue weighted by atomic mass is 10.3. The summed E-state index contributed by atoms with van der Waals surface area (Å²) in [5.41, 5.74) is 1.22. The Hall–Kier alpha value is -2.76. The molecule has 0 bridgehead atoms. The van der Waals surface area contributed by atoms with Gasteiger partial charge in [0, 0.05) is 19.7 Å². The molecule has 184 valence electrons. The second kappa shape index (κ2) is 10.5. The van der Waals surface area contributed by atoms with E-state index in [0.717, 1.165) is 39.0 Å². The van der Waals surface area contributed by atoms with Gasteiger partial charge < -0.3 is 9.42 Å². The fraction of sp³-hybridized carbons (Fsp3) is 0.292. The predicted molar refractivity (Wildman–Crippen MR) is 137 cm³/mol. The van der Waals surface area contributed by atoms with E-state index >= 15 is 0 Å². The van der Waals surface area contributed by atoms with Crippen LogP contribution in [0.1, 0.15) is 37.2 Å². The first-order valence-electron chi connectivity index (χ1n) is 11.1. The summed E-state index contributed by atoms with van der Waals surface area (Å²) in [5, 5.41) is 7.59. The molecule has 0 N–H and O–H groups in total. The highest BCUT2D eigenvalue weighted by Crippen LogP contribution is 2.47. The van der Waals surface area contributed by atoms with Gasteiger partial charge in [0.05, 0.1) is 22.0 Å². The molecular formula is C24H25F2N4O2S3+. The summed E-state index contributed by atoms with van der Waals surface area (Å²) in [6, 6.07) is 4.54. The van der Waals surface area contributed by atoms with Crippen LogP contribution in [-0.4, -0.2) is 16.8 Å². The van der Waals surface area contributed by atoms with E-state index in [2.05, 4.69) is 5.16 Å². The molecule has 0 saturated heterocycles. The molecule has 1 aliphatic heterocycles. The van der Waals surface area contributed by atoms with Gasteiger partial charge in [-0.15, -0.1) is 11.3 Å². The third-order valence-corrected chi connectivity index (χ3v) is 8.65. The molecule has 0 saturated carbocycles. The van der Waals surface area contributed by atoms with Gasteiger partial charge in [-0.1, -0.05) is 42.1 Å². The number of rotatable bonds is 4. The lowest BCUT2D eigenvalue weighted by molar-refractivity contribution is -0.685. The zero-order chi connectivity index (χ0) is 25.3. The van der Waals surface area contributed by atoms with Crippen molar-refractivity contribution < 1.29 is 17.9 Å². The van der Waals surface area contributed by atoms with Crippen LogP contribution in [0.5, 0.6) is 0 Å².